The second-order valence-electron chi connectivity index (χ2n) is 5.23. The van der Waals surface area contributed by atoms with Gasteiger partial charge in [0.25, 0.3) is 0 Å². The second kappa shape index (κ2) is 5.91. The minimum Gasteiger partial charge on any atom is -0.456 e. The number of carbonyl (C=O) groups excluding carboxylic acids is 1. The van der Waals surface area contributed by atoms with Gasteiger partial charge in [0.05, 0.1) is 5.56 Å². The SMILES string of the molecule is O=C1C=C(Oc2ccccc2C(F)(F)F)c2ccccc2CC1. The van der Waals surface area contributed by atoms with Gasteiger partial charge in [-0.1, -0.05) is 36.4 Å². The van der Waals surface area contributed by atoms with Gasteiger partial charge >= 0.3 is 6.18 Å². The lowest BCUT2D eigenvalue weighted by atomic mass is 10.0. The number of carbonyl (C=O) groups is 1. The van der Waals surface area contributed by atoms with E-state index in [1.165, 1.54) is 24.3 Å². The van der Waals surface area contributed by atoms with E-state index in [1.54, 1.807) is 12.1 Å². The van der Waals surface area contributed by atoms with Crippen LogP contribution in [0.3, 0.4) is 0 Å². The molecule has 23 heavy (non-hydrogen) atoms. The minimum absolute atomic E-state index is 0.153. The Labute approximate surface area is 131 Å². The number of aryl methyl sites for hydroxylation is 1. The molecule has 0 fully saturated rings. The molecule has 0 unspecified atom stereocenters. The second-order valence-corrected chi connectivity index (χ2v) is 5.23. The molecule has 0 amide bonds. The van der Waals surface area contributed by atoms with Gasteiger partial charge in [0.2, 0.25) is 0 Å². The first kappa shape index (κ1) is 15.3. The highest BCUT2D eigenvalue weighted by atomic mass is 19.4. The third kappa shape index (κ3) is 3.28. The van der Waals surface area contributed by atoms with Crippen LogP contribution in [0.25, 0.3) is 5.76 Å². The van der Waals surface area contributed by atoms with Crippen molar-refractivity contribution in [1.82, 2.24) is 0 Å². The molecule has 3 rings (SSSR count). The molecule has 0 heterocycles. The van der Waals surface area contributed by atoms with Crippen LogP contribution >= 0.6 is 0 Å². The van der Waals surface area contributed by atoms with Crippen LogP contribution in [0.15, 0.2) is 54.6 Å². The first-order valence-electron chi connectivity index (χ1n) is 7.12. The molecule has 5 heteroatoms. The van der Waals surface area contributed by atoms with E-state index in [-0.39, 0.29) is 17.3 Å². The summed E-state index contributed by atoms with van der Waals surface area (Å²) in [5.74, 6) is -0.323. The normalized spacial score (nSPS) is 14.7. The van der Waals surface area contributed by atoms with Crippen molar-refractivity contribution in [2.75, 3.05) is 0 Å². The largest absolute Gasteiger partial charge is 0.456 e. The van der Waals surface area contributed by atoms with Crippen molar-refractivity contribution in [3.8, 4) is 5.75 Å². The number of ketones is 1. The number of rotatable bonds is 2. The van der Waals surface area contributed by atoms with E-state index in [0.717, 1.165) is 11.6 Å². The molecule has 1 aliphatic carbocycles. The third-order valence-electron chi connectivity index (χ3n) is 3.63. The number of fused-ring (bicyclic) bond motifs is 1. The average molecular weight is 318 g/mol. The standard InChI is InChI=1S/C18H13F3O2/c19-18(20,21)15-7-3-4-8-16(15)23-17-11-13(22)10-9-12-5-1-2-6-14(12)17/h1-8,11H,9-10H2. The van der Waals surface area contributed by atoms with Crippen LogP contribution in [0.2, 0.25) is 0 Å². The fourth-order valence-corrected chi connectivity index (χ4v) is 2.53. The smallest absolute Gasteiger partial charge is 0.419 e. The Hall–Kier alpha value is -2.56. The summed E-state index contributed by atoms with van der Waals surface area (Å²) in [5, 5.41) is 0. The van der Waals surface area contributed by atoms with Crippen molar-refractivity contribution in [2.45, 2.75) is 19.0 Å². The van der Waals surface area contributed by atoms with Gasteiger partial charge in [0.1, 0.15) is 11.5 Å². The fourth-order valence-electron chi connectivity index (χ4n) is 2.53. The molecule has 0 aromatic heterocycles. The quantitative estimate of drug-likeness (QED) is 0.806. The van der Waals surface area contributed by atoms with E-state index in [9.17, 15) is 18.0 Å². The number of halogens is 3. The van der Waals surface area contributed by atoms with Gasteiger partial charge in [-0.25, -0.2) is 0 Å². The number of alkyl halides is 3. The summed E-state index contributed by atoms with van der Waals surface area (Å²) >= 11 is 0. The van der Waals surface area contributed by atoms with Crippen molar-refractivity contribution in [3.05, 3.63) is 71.3 Å². The van der Waals surface area contributed by atoms with E-state index in [0.29, 0.717) is 18.4 Å². The van der Waals surface area contributed by atoms with Crippen LogP contribution in [-0.2, 0) is 17.4 Å². The Balaban J connectivity index is 2.05. The van der Waals surface area contributed by atoms with Crippen molar-refractivity contribution in [2.24, 2.45) is 0 Å². The molecule has 0 bridgehead atoms. The Morgan fingerprint density at radius 1 is 0.913 bits per heavy atom. The molecule has 2 aromatic rings. The topological polar surface area (TPSA) is 26.3 Å². The van der Waals surface area contributed by atoms with Gasteiger partial charge in [-0.05, 0) is 24.1 Å². The highest BCUT2D eigenvalue weighted by molar-refractivity contribution is 5.97. The highest BCUT2D eigenvalue weighted by Gasteiger charge is 2.34. The maximum atomic E-state index is 13.1. The molecule has 1 aliphatic rings. The van der Waals surface area contributed by atoms with E-state index in [1.807, 2.05) is 12.1 Å². The van der Waals surface area contributed by atoms with Crippen LogP contribution in [0.4, 0.5) is 13.2 Å². The summed E-state index contributed by atoms with van der Waals surface area (Å²) in [4.78, 5) is 11.9. The zero-order valence-corrected chi connectivity index (χ0v) is 12.1. The third-order valence-corrected chi connectivity index (χ3v) is 3.63. The molecule has 2 nitrogen and oxygen atoms in total. The fraction of sp³-hybridized carbons (Fsp3) is 0.167. The predicted molar refractivity (Wildman–Crippen MR) is 79.8 cm³/mol. The van der Waals surface area contributed by atoms with E-state index in [2.05, 4.69) is 0 Å². The Bertz CT molecular complexity index is 776. The zero-order valence-electron chi connectivity index (χ0n) is 12.1. The predicted octanol–water partition coefficient (Wildman–Crippen LogP) is 4.64. The lowest BCUT2D eigenvalue weighted by Crippen LogP contribution is -2.08. The van der Waals surface area contributed by atoms with E-state index >= 15 is 0 Å². The van der Waals surface area contributed by atoms with Gasteiger partial charge in [-0.3, -0.25) is 4.79 Å². The van der Waals surface area contributed by atoms with Crippen molar-refractivity contribution in [3.63, 3.8) is 0 Å². The van der Waals surface area contributed by atoms with Crippen LogP contribution in [-0.4, -0.2) is 5.78 Å². The van der Waals surface area contributed by atoms with Crippen molar-refractivity contribution in [1.29, 1.82) is 0 Å². The molecule has 118 valence electrons. The number of hydrogen-bond donors (Lipinski definition) is 0. The summed E-state index contributed by atoms with van der Waals surface area (Å²) in [5.41, 5.74) is 0.666. The first-order chi connectivity index (χ1) is 10.9. The number of hydrogen-bond acceptors (Lipinski definition) is 2. The van der Waals surface area contributed by atoms with Crippen LogP contribution in [0.1, 0.15) is 23.1 Å². The zero-order chi connectivity index (χ0) is 16.4. The molecule has 0 atom stereocenters. The Kier molecular flexibility index (Phi) is 3.94. The average Bonchev–Trinajstić information content (AvgIpc) is 2.67. The Morgan fingerprint density at radius 3 is 2.39 bits per heavy atom. The lowest BCUT2D eigenvalue weighted by Gasteiger charge is -2.16. The molecular formula is C18H13F3O2. The van der Waals surface area contributed by atoms with Crippen LogP contribution in [0.5, 0.6) is 5.75 Å². The monoisotopic (exact) mass is 318 g/mol. The summed E-state index contributed by atoms with van der Waals surface area (Å²) < 4.78 is 44.8. The van der Waals surface area contributed by atoms with E-state index < -0.39 is 11.7 Å². The molecule has 2 aromatic carbocycles. The number of allylic oxidation sites excluding steroid dienone is 1. The lowest BCUT2D eigenvalue weighted by molar-refractivity contribution is -0.138. The molecule has 0 saturated carbocycles. The van der Waals surface area contributed by atoms with Gasteiger partial charge in [0, 0.05) is 18.1 Å². The number of ether oxygens (including phenoxy) is 1. The van der Waals surface area contributed by atoms with E-state index in [4.69, 9.17) is 4.74 Å². The molecule has 0 aliphatic heterocycles. The van der Waals surface area contributed by atoms with Gasteiger partial charge < -0.3 is 4.74 Å². The molecular weight excluding hydrogens is 305 g/mol. The van der Waals surface area contributed by atoms with Gasteiger partial charge in [-0.2, -0.15) is 13.2 Å². The van der Waals surface area contributed by atoms with Gasteiger partial charge in [-0.15, -0.1) is 0 Å². The van der Waals surface area contributed by atoms with Crippen molar-refractivity contribution >= 4 is 11.5 Å². The highest BCUT2D eigenvalue weighted by Crippen LogP contribution is 2.38. The minimum atomic E-state index is -4.52. The maximum absolute atomic E-state index is 13.1. The van der Waals surface area contributed by atoms with Crippen molar-refractivity contribution < 1.29 is 22.7 Å². The summed E-state index contributed by atoms with van der Waals surface area (Å²) in [7, 11) is 0. The van der Waals surface area contributed by atoms with Crippen LogP contribution < -0.4 is 4.74 Å². The first-order valence-corrected chi connectivity index (χ1v) is 7.12. The molecule has 0 radical (unpaired) electrons. The molecule has 0 N–H and O–H groups in total. The number of para-hydroxylation sites is 1. The molecule has 0 saturated heterocycles. The summed E-state index contributed by atoms with van der Waals surface area (Å²) in [6.45, 7) is 0. The Morgan fingerprint density at radius 2 is 1.61 bits per heavy atom. The maximum Gasteiger partial charge on any atom is 0.419 e. The molecule has 0 spiro atoms. The van der Waals surface area contributed by atoms with Crippen LogP contribution in [0, 0.1) is 0 Å². The number of benzene rings is 2. The summed E-state index contributed by atoms with van der Waals surface area (Å²) in [6.07, 6.45) is -2.39. The summed E-state index contributed by atoms with van der Waals surface area (Å²) in [6, 6.07) is 12.2. The van der Waals surface area contributed by atoms with Gasteiger partial charge in [0.15, 0.2) is 5.78 Å².